The maximum Gasteiger partial charge on any atom is 0.328 e. The van der Waals surface area contributed by atoms with Crippen LogP contribution in [0.25, 0.3) is 22.1 Å². The van der Waals surface area contributed by atoms with Crippen molar-refractivity contribution in [3.63, 3.8) is 0 Å². The number of aromatic amines is 1. The van der Waals surface area contributed by atoms with Crippen LogP contribution < -0.4 is 5.69 Å². The Hall–Kier alpha value is -4.24. The van der Waals surface area contributed by atoms with Crippen molar-refractivity contribution in [2.45, 2.75) is 51.1 Å². The summed E-state index contributed by atoms with van der Waals surface area (Å²) in [5.41, 5.74) is 5.51. The SMILES string of the molecule is Cc1cccc2c1c(C[N+](C)(C)CCCOC(=O)CC(c1ccccc1)n1c(=O)[nH]c3cnc(C4CC4)nc31)cn2C. The lowest BCUT2D eigenvalue weighted by Crippen LogP contribution is -2.40. The number of hydrogen-bond acceptors (Lipinski definition) is 5. The Morgan fingerprint density at radius 3 is 2.69 bits per heavy atom. The van der Waals surface area contributed by atoms with Crippen LogP contribution in [0.5, 0.6) is 0 Å². The van der Waals surface area contributed by atoms with Gasteiger partial charge in [-0.2, -0.15) is 0 Å². The predicted octanol–water partition coefficient (Wildman–Crippen LogP) is 4.99. The van der Waals surface area contributed by atoms with E-state index in [-0.39, 0.29) is 18.1 Å². The monoisotopic (exact) mass is 567 g/mol. The summed E-state index contributed by atoms with van der Waals surface area (Å²) in [4.78, 5) is 38.4. The van der Waals surface area contributed by atoms with Crippen LogP contribution in [0, 0.1) is 6.92 Å². The van der Waals surface area contributed by atoms with Gasteiger partial charge in [-0.1, -0.05) is 42.5 Å². The zero-order valence-corrected chi connectivity index (χ0v) is 24.8. The molecular weight excluding hydrogens is 528 g/mol. The van der Waals surface area contributed by atoms with E-state index < -0.39 is 6.04 Å². The summed E-state index contributed by atoms with van der Waals surface area (Å²) in [6.07, 6.45) is 6.80. The Kier molecular flexibility index (Phi) is 7.45. The van der Waals surface area contributed by atoms with Gasteiger partial charge in [0, 0.05) is 42.0 Å². The number of rotatable bonds is 11. The average molecular weight is 568 g/mol. The highest BCUT2D eigenvalue weighted by Crippen LogP contribution is 2.38. The number of aryl methyl sites for hydroxylation is 2. The summed E-state index contributed by atoms with van der Waals surface area (Å²) >= 11 is 0. The third kappa shape index (κ3) is 5.74. The zero-order chi connectivity index (χ0) is 29.4. The molecule has 0 saturated heterocycles. The van der Waals surface area contributed by atoms with Gasteiger partial charge in [-0.05, 0) is 37.0 Å². The van der Waals surface area contributed by atoms with Crippen molar-refractivity contribution in [3.8, 4) is 0 Å². The number of esters is 1. The van der Waals surface area contributed by atoms with Crippen LogP contribution in [0.3, 0.4) is 0 Å². The Bertz CT molecular complexity index is 1800. The number of benzene rings is 2. The van der Waals surface area contributed by atoms with Crippen LogP contribution in [-0.2, 0) is 23.1 Å². The number of hydrogen-bond donors (Lipinski definition) is 1. The highest BCUT2D eigenvalue weighted by molar-refractivity contribution is 5.87. The molecule has 2 aromatic carbocycles. The fourth-order valence-corrected chi connectivity index (χ4v) is 6.08. The normalized spacial score (nSPS) is 14.5. The second-order valence-corrected chi connectivity index (χ2v) is 12.3. The number of fused-ring (bicyclic) bond motifs is 2. The molecule has 1 atom stereocenters. The highest BCUT2D eigenvalue weighted by atomic mass is 16.5. The second kappa shape index (κ2) is 11.2. The molecule has 0 amide bonds. The number of imidazole rings is 1. The van der Waals surface area contributed by atoms with Crippen LogP contribution in [0.4, 0.5) is 0 Å². The summed E-state index contributed by atoms with van der Waals surface area (Å²) in [5, 5.41) is 1.33. The molecule has 1 N–H and O–H groups in total. The van der Waals surface area contributed by atoms with E-state index in [1.54, 1.807) is 10.8 Å². The van der Waals surface area contributed by atoms with Crippen molar-refractivity contribution >= 4 is 28.0 Å². The van der Waals surface area contributed by atoms with Crippen molar-refractivity contribution in [2.24, 2.45) is 7.05 Å². The van der Waals surface area contributed by atoms with Crippen LogP contribution in [0.2, 0.25) is 0 Å². The van der Waals surface area contributed by atoms with Gasteiger partial charge < -0.3 is 18.8 Å². The number of H-pyrrole nitrogens is 1. The minimum Gasteiger partial charge on any atom is -0.465 e. The fraction of sp³-hybridized carbons (Fsp3) is 0.394. The highest BCUT2D eigenvalue weighted by Gasteiger charge is 2.29. The molecule has 218 valence electrons. The number of nitrogens with one attached hydrogen (secondary N) is 1. The smallest absolute Gasteiger partial charge is 0.328 e. The Balaban J connectivity index is 1.12. The van der Waals surface area contributed by atoms with Crippen molar-refractivity contribution in [3.05, 3.63) is 93.9 Å². The van der Waals surface area contributed by atoms with Gasteiger partial charge in [0.2, 0.25) is 0 Å². The third-order valence-corrected chi connectivity index (χ3v) is 8.34. The van der Waals surface area contributed by atoms with E-state index in [0.717, 1.165) is 48.2 Å². The van der Waals surface area contributed by atoms with Crippen molar-refractivity contribution in [1.29, 1.82) is 0 Å². The van der Waals surface area contributed by atoms with Gasteiger partial charge in [-0.3, -0.25) is 9.36 Å². The second-order valence-electron chi connectivity index (χ2n) is 12.3. The first-order valence-corrected chi connectivity index (χ1v) is 14.7. The molecule has 1 unspecified atom stereocenters. The molecule has 0 aliphatic heterocycles. The van der Waals surface area contributed by atoms with E-state index in [1.807, 2.05) is 30.3 Å². The molecule has 9 nitrogen and oxygen atoms in total. The van der Waals surface area contributed by atoms with Gasteiger partial charge in [0.15, 0.2) is 5.65 Å². The maximum absolute atomic E-state index is 13.2. The number of quaternary nitrogens is 1. The van der Waals surface area contributed by atoms with Gasteiger partial charge in [0.1, 0.15) is 17.9 Å². The lowest BCUT2D eigenvalue weighted by atomic mass is 10.0. The van der Waals surface area contributed by atoms with Crippen LogP contribution >= 0.6 is 0 Å². The zero-order valence-electron chi connectivity index (χ0n) is 24.8. The molecule has 0 bridgehead atoms. The quantitative estimate of drug-likeness (QED) is 0.138. The molecule has 0 radical (unpaired) electrons. The molecule has 3 aromatic heterocycles. The van der Waals surface area contributed by atoms with Gasteiger partial charge in [0.25, 0.3) is 0 Å². The summed E-state index contributed by atoms with van der Waals surface area (Å²) in [6.45, 7) is 4.24. The topological polar surface area (TPSA) is 94.8 Å². The van der Waals surface area contributed by atoms with Crippen molar-refractivity contribution in [2.75, 3.05) is 27.2 Å². The van der Waals surface area contributed by atoms with E-state index in [4.69, 9.17) is 9.72 Å². The molecule has 1 aliphatic rings. The standard InChI is InChI=1S/C33H38N6O3/c1-22-10-8-13-27-30(22)25(20-37(27)2)21-39(3,4)16-9-17-42-29(40)18-28(23-11-6-5-7-12-23)38-32-26(35-33(38)41)19-34-31(36-32)24-14-15-24/h5-8,10-13,19-20,24,28H,9,14-18,21H2,1-4H3/p+1. The van der Waals surface area contributed by atoms with Crippen molar-refractivity contribution in [1.82, 2.24) is 24.1 Å². The van der Waals surface area contributed by atoms with E-state index >= 15 is 0 Å². The maximum atomic E-state index is 13.2. The fourth-order valence-electron chi connectivity index (χ4n) is 6.08. The molecule has 1 aliphatic carbocycles. The number of ether oxygens (including phenoxy) is 1. The molecule has 1 fully saturated rings. The van der Waals surface area contributed by atoms with E-state index in [9.17, 15) is 9.59 Å². The molecular formula is C33H39N6O3+. The van der Waals surface area contributed by atoms with Gasteiger partial charge >= 0.3 is 11.7 Å². The minimum atomic E-state index is -0.538. The molecule has 42 heavy (non-hydrogen) atoms. The molecule has 3 heterocycles. The third-order valence-electron chi connectivity index (χ3n) is 8.34. The van der Waals surface area contributed by atoms with Crippen molar-refractivity contribution < 1.29 is 14.0 Å². The average Bonchev–Trinajstić information content (AvgIpc) is 3.70. The number of carbonyl (C=O) groups excluding carboxylic acids is 1. The number of nitrogens with zero attached hydrogens (tertiary/aromatic N) is 5. The van der Waals surface area contributed by atoms with Gasteiger partial charge in [0.05, 0.1) is 45.9 Å². The largest absolute Gasteiger partial charge is 0.465 e. The Morgan fingerprint density at radius 2 is 1.93 bits per heavy atom. The van der Waals surface area contributed by atoms with Gasteiger partial charge in [-0.15, -0.1) is 0 Å². The summed E-state index contributed by atoms with van der Waals surface area (Å²) in [5.74, 6) is 0.765. The number of carbonyl (C=O) groups is 1. The van der Waals surface area contributed by atoms with E-state index in [1.165, 1.54) is 22.0 Å². The lowest BCUT2D eigenvalue weighted by molar-refractivity contribution is -0.903. The molecule has 1 saturated carbocycles. The first kappa shape index (κ1) is 27.9. The van der Waals surface area contributed by atoms with Gasteiger partial charge in [-0.25, -0.2) is 14.8 Å². The Morgan fingerprint density at radius 1 is 1.14 bits per heavy atom. The first-order valence-electron chi connectivity index (χ1n) is 14.7. The molecule has 9 heteroatoms. The molecule has 0 spiro atoms. The van der Waals surface area contributed by atoms with Crippen LogP contribution in [0.15, 0.2) is 65.7 Å². The van der Waals surface area contributed by atoms with E-state index in [0.29, 0.717) is 23.7 Å². The van der Waals surface area contributed by atoms with Crippen LogP contribution in [0.1, 0.15) is 60.2 Å². The summed E-state index contributed by atoms with van der Waals surface area (Å²) in [6, 6.07) is 15.5. The molecule has 6 rings (SSSR count). The number of aromatic nitrogens is 5. The lowest BCUT2D eigenvalue weighted by Gasteiger charge is -2.29. The van der Waals surface area contributed by atoms with Crippen LogP contribution in [-0.4, -0.2) is 61.8 Å². The first-order chi connectivity index (χ1) is 20.2. The molecule has 5 aromatic rings. The van der Waals surface area contributed by atoms with E-state index in [2.05, 4.69) is 67.0 Å². The minimum absolute atomic E-state index is 0.0349. The predicted molar refractivity (Wildman–Crippen MR) is 163 cm³/mol. The Labute approximate surface area is 245 Å². The summed E-state index contributed by atoms with van der Waals surface area (Å²) < 4.78 is 10.3. The summed E-state index contributed by atoms with van der Waals surface area (Å²) in [7, 11) is 6.52.